The number of aromatic nitrogens is 2. The number of hydrogen-bond donors (Lipinski definition) is 2. The maximum absolute atomic E-state index is 15.0. The van der Waals surface area contributed by atoms with Crippen molar-refractivity contribution in [3.63, 3.8) is 0 Å². The quantitative estimate of drug-likeness (QED) is 0.468. The van der Waals surface area contributed by atoms with Crippen molar-refractivity contribution in [1.82, 2.24) is 15.3 Å². The minimum absolute atomic E-state index is 0.205. The smallest absolute Gasteiger partial charge is 0.229 e. The Bertz CT molecular complexity index is 1290. The molecular weight excluding hydrogens is 504 g/mol. The molecule has 1 aromatic heterocycles. The van der Waals surface area contributed by atoms with Crippen LogP contribution in [-0.4, -0.2) is 55.6 Å². The van der Waals surface area contributed by atoms with Crippen molar-refractivity contribution in [3.05, 3.63) is 64.0 Å². The molecule has 36 heavy (non-hydrogen) atoms. The molecule has 3 aromatic rings. The average Bonchev–Trinajstić information content (AvgIpc) is 3.65. The van der Waals surface area contributed by atoms with Gasteiger partial charge in [-0.05, 0) is 37.3 Å². The Labute approximate surface area is 219 Å². The molecule has 0 aliphatic carbocycles. The van der Waals surface area contributed by atoms with E-state index in [4.69, 9.17) is 32.9 Å². The van der Waals surface area contributed by atoms with E-state index in [0.717, 1.165) is 36.6 Å². The number of ether oxygens (including phenoxy) is 1. The van der Waals surface area contributed by atoms with Crippen molar-refractivity contribution in [3.8, 4) is 0 Å². The van der Waals surface area contributed by atoms with Gasteiger partial charge in [0.05, 0.1) is 28.1 Å². The summed E-state index contributed by atoms with van der Waals surface area (Å²) < 4.78 is 21.0. The summed E-state index contributed by atoms with van der Waals surface area (Å²) >= 11 is 13.0. The van der Waals surface area contributed by atoms with E-state index < -0.39 is 0 Å². The maximum Gasteiger partial charge on any atom is 0.229 e. The van der Waals surface area contributed by atoms with Crippen LogP contribution in [0.15, 0.2) is 42.6 Å². The zero-order valence-electron chi connectivity index (χ0n) is 19.9. The lowest BCUT2D eigenvalue weighted by Gasteiger charge is -2.33. The molecule has 8 nitrogen and oxygen atoms in total. The Morgan fingerprint density at radius 2 is 2.00 bits per heavy atom. The number of hydrogen-bond acceptors (Lipinski definition) is 8. The lowest BCUT2D eigenvalue weighted by atomic mass is 10.2. The van der Waals surface area contributed by atoms with Gasteiger partial charge in [-0.15, -0.1) is 0 Å². The molecule has 2 N–H and O–H groups in total. The summed E-state index contributed by atoms with van der Waals surface area (Å²) in [6, 6.07) is 11.0. The molecular formula is C25H26Cl2FN7O. The predicted molar refractivity (Wildman–Crippen MR) is 141 cm³/mol. The van der Waals surface area contributed by atoms with Crippen molar-refractivity contribution in [2.24, 2.45) is 0 Å². The Balaban J connectivity index is 1.24. The second-order valence-electron chi connectivity index (χ2n) is 9.39. The number of fused-ring (bicyclic) bond motifs is 3. The number of epoxide rings is 1. The Morgan fingerprint density at radius 3 is 2.75 bits per heavy atom. The molecule has 0 radical (unpaired) electrons. The molecule has 11 heteroatoms. The highest BCUT2D eigenvalue weighted by Crippen LogP contribution is 2.50. The van der Waals surface area contributed by atoms with Crippen LogP contribution < -0.4 is 25.3 Å². The first-order chi connectivity index (χ1) is 17.4. The summed E-state index contributed by atoms with van der Waals surface area (Å²) in [6.07, 6.45) is 1.31. The highest BCUT2D eigenvalue weighted by molar-refractivity contribution is 6.39. The fraction of sp³-hybridized carbons (Fsp3) is 0.360. The van der Waals surface area contributed by atoms with Gasteiger partial charge in [-0.25, -0.2) is 9.37 Å². The number of halogens is 3. The largest absolute Gasteiger partial charge is 0.369 e. The molecule has 6 rings (SSSR count). The second-order valence-corrected chi connectivity index (χ2v) is 10.2. The number of para-hydroxylation sites is 1. The molecule has 3 aliphatic rings. The molecule has 3 aliphatic heterocycles. The van der Waals surface area contributed by atoms with Gasteiger partial charge in [0, 0.05) is 50.2 Å². The summed E-state index contributed by atoms with van der Waals surface area (Å²) in [5.41, 5.74) is 2.77. The van der Waals surface area contributed by atoms with Crippen LogP contribution in [0, 0.1) is 5.82 Å². The molecule has 2 saturated heterocycles. The van der Waals surface area contributed by atoms with Crippen LogP contribution in [0.1, 0.15) is 18.6 Å². The number of nitrogens with zero attached hydrogens (tertiary/aromatic N) is 5. The third-order valence-electron chi connectivity index (χ3n) is 6.76. The summed E-state index contributed by atoms with van der Waals surface area (Å²) in [6.45, 7) is 5.15. The maximum atomic E-state index is 15.0. The zero-order chi connectivity index (χ0) is 25.0. The fourth-order valence-electron chi connectivity index (χ4n) is 4.94. The van der Waals surface area contributed by atoms with Gasteiger partial charge in [-0.1, -0.05) is 29.3 Å². The van der Waals surface area contributed by atoms with Crippen molar-refractivity contribution in [2.45, 2.75) is 25.3 Å². The lowest BCUT2D eigenvalue weighted by Crippen LogP contribution is -2.49. The highest BCUT2D eigenvalue weighted by Gasteiger charge is 2.50. The lowest BCUT2D eigenvalue weighted by molar-refractivity contribution is 0.363. The van der Waals surface area contributed by atoms with E-state index in [1.165, 1.54) is 0 Å². The Hall–Kier alpha value is -2.85. The third kappa shape index (κ3) is 4.30. The van der Waals surface area contributed by atoms with Crippen LogP contribution in [0.2, 0.25) is 10.0 Å². The van der Waals surface area contributed by atoms with Gasteiger partial charge < -0.3 is 30.1 Å². The first-order valence-corrected chi connectivity index (χ1v) is 12.6. The molecule has 0 spiro atoms. The molecule has 0 saturated carbocycles. The number of benzene rings is 2. The molecule has 2 fully saturated rings. The summed E-state index contributed by atoms with van der Waals surface area (Å²) in [7, 11) is 1.93. The van der Waals surface area contributed by atoms with Crippen molar-refractivity contribution >= 4 is 52.0 Å². The molecule has 0 bridgehead atoms. The van der Waals surface area contributed by atoms with E-state index >= 15 is 4.39 Å². The van der Waals surface area contributed by atoms with Gasteiger partial charge in [-0.3, -0.25) is 0 Å². The SMILES string of the molecule is C[C@@H]1CN(c2ccc(Nc3ncc4c(n3)N(C)CN(c3c(Cl)cccc3Cl)C3OC43)c(F)c2)CCN1. The van der Waals surface area contributed by atoms with Crippen LogP contribution in [0.4, 0.5) is 33.2 Å². The molecule has 188 valence electrons. The van der Waals surface area contributed by atoms with Crippen LogP contribution in [0.5, 0.6) is 0 Å². The fourth-order valence-corrected chi connectivity index (χ4v) is 5.56. The molecule has 2 aromatic carbocycles. The van der Waals surface area contributed by atoms with Crippen LogP contribution in [-0.2, 0) is 4.74 Å². The van der Waals surface area contributed by atoms with E-state index in [2.05, 4.69) is 27.4 Å². The molecule has 0 amide bonds. The van der Waals surface area contributed by atoms with Crippen molar-refractivity contribution < 1.29 is 9.13 Å². The molecule has 4 heterocycles. The monoisotopic (exact) mass is 529 g/mol. The van der Waals surface area contributed by atoms with Gasteiger partial charge in [-0.2, -0.15) is 4.98 Å². The number of anilines is 5. The second kappa shape index (κ2) is 9.23. The van der Waals surface area contributed by atoms with Crippen LogP contribution >= 0.6 is 23.2 Å². The minimum atomic E-state index is -0.351. The normalized spacial score (nSPS) is 23.1. The minimum Gasteiger partial charge on any atom is -0.369 e. The highest BCUT2D eigenvalue weighted by atomic mass is 35.5. The van der Waals surface area contributed by atoms with E-state index in [0.29, 0.717) is 40.2 Å². The number of rotatable bonds is 4. The van der Waals surface area contributed by atoms with E-state index in [1.54, 1.807) is 18.3 Å². The van der Waals surface area contributed by atoms with E-state index in [9.17, 15) is 0 Å². The van der Waals surface area contributed by atoms with E-state index in [-0.39, 0.29) is 18.1 Å². The summed E-state index contributed by atoms with van der Waals surface area (Å²) in [5, 5.41) is 7.55. The topological polar surface area (TPSA) is 72.1 Å². The molecule has 2 unspecified atom stereocenters. The number of piperazine rings is 1. The van der Waals surface area contributed by atoms with E-state index in [1.807, 2.05) is 41.1 Å². The Kier molecular flexibility index (Phi) is 6.03. The first kappa shape index (κ1) is 23.5. The van der Waals surface area contributed by atoms with Gasteiger partial charge >= 0.3 is 0 Å². The summed E-state index contributed by atoms with van der Waals surface area (Å²) in [5.74, 6) is 0.665. The van der Waals surface area contributed by atoms with Gasteiger partial charge in [0.1, 0.15) is 17.7 Å². The standard InChI is InChI=1S/C25H26Cl2FN7O/c1-14-12-34(9-8-29-14)15-6-7-20(19(28)10-15)31-25-30-11-16-22-24(36-22)35(13-33(2)23(16)32-25)21-17(26)4-3-5-18(21)27/h3-7,10-11,14,22,24,29H,8-9,12-13H2,1-2H3,(H,30,31,32)/t14-,22?,24?/m1/s1. The third-order valence-corrected chi connectivity index (χ3v) is 7.37. The van der Waals surface area contributed by atoms with Gasteiger partial charge in [0.15, 0.2) is 6.23 Å². The van der Waals surface area contributed by atoms with Gasteiger partial charge in [0.2, 0.25) is 5.95 Å². The number of nitrogens with one attached hydrogen (secondary N) is 2. The first-order valence-electron chi connectivity index (χ1n) is 11.9. The zero-order valence-corrected chi connectivity index (χ0v) is 21.4. The molecule has 3 atom stereocenters. The average molecular weight is 530 g/mol. The predicted octanol–water partition coefficient (Wildman–Crippen LogP) is 4.78. The van der Waals surface area contributed by atoms with Crippen molar-refractivity contribution in [2.75, 3.05) is 53.4 Å². The van der Waals surface area contributed by atoms with Crippen molar-refractivity contribution in [1.29, 1.82) is 0 Å². The summed E-state index contributed by atoms with van der Waals surface area (Å²) in [4.78, 5) is 15.4. The Morgan fingerprint density at radius 1 is 1.19 bits per heavy atom. The van der Waals surface area contributed by atoms with Crippen LogP contribution in [0.25, 0.3) is 0 Å². The van der Waals surface area contributed by atoms with Crippen LogP contribution in [0.3, 0.4) is 0 Å². The van der Waals surface area contributed by atoms with Gasteiger partial charge in [0.25, 0.3) is 0 Å².